The van der Waals surface area contributed by atoms with Gasteiger partial charge in [-0.1, -0.05) is 36.9 Å². The Balaban J connectivity index is 4.01. The van der Waals surface area contributed by atoms with Crippen molar-refractivity contribution in [1.29, 1.82) is 0 Å². The number of rotatable bonds is 3. The highest BCUT2D eigenvalue weighted by Gasteiger charge is 1.79. The van der Waals surface area contributed by atoms with Crippen molar-refractivity contribution in [2.75, 3.05) is 0 Å². The summed E-state index contributed by atoms with van der Waals surface area (Å²) in [5.41, 5.74) is 0.997. The first kappa shape index (κ1) is 9.18. The fourth-order valence-electron chi connectivity index (χ4n) is 0.401. The Morgan fingerprint density at radius 3 is 2.60 bits per heavy atom. The molecule has 0 saturated carbocycles. The van der Waals surface area contributed by atoms with Crippen LogP contribution in [-0.4, -0.2) is 6.21 Å². The van der Waals surface area contributed by atoms with Gasteiger partial charge in [-0.2, -0.15) is 0 Å². The number of halogens is 1. The fraction of sp³-hybridized carbons (Fsp3) is 0.125. The molecule has 0 amide bonds. The van der Waals surface area contributed by atoms with Gasteiger partial charge in [0.1, 0.15) is 5.16 Å². The molecule has 0 saturated heterocycles. The summed E-state index contributed by atoms with van der Waals surface area (Å²) >= 11 is 5.38. The lowest BCUT2D eigenvalue weighted by atomic mass is 10.3. The van der Waals surface area contributed by atoms with Gasteiger partial charge in [-0.3, -0.25) is 0 Å². The predicted molar refractivity (Wildman–Crippen MR) is 47.4 cm³/mol. The first-order valence-electron chi connectivity index (χ1n) is 2.84. The lowest BCUT2D eigenvalue weighted by Crippen LogP contribution is -1.74. The van der Waals surface area contributed by atoms with Gasteiger partial charge in [0.25, 0.3) is 0 Å². The molecule has 0 fully saturated rings. The van der Waals surface area contributed by atoms with Crippen LogP contribution in [0.2, 0.25) is 0 Å². The molecule has 2 heteroatoms. The molecule has 0 aliphatic rings. The second kappa shape index (κ2) is 5.00. The van der Waals surface area contributed by atoms with E-state index in [1.165, 1.54) is 0 Å². The number of hydrogen-bond acceptors (Lipinski definition) is 1. The molecule has 0 radical (unpaired) electrons. The predicted octanol–water partition coefficient (Wildman–Crippen LogP) is 2.90. The molecular weight excluding hydrogens is 146 g/mol. The second-order valence-corrected chi connectivity index (χ2v) is 2.22. The molecular formula is C8H10ClN. The zero-order chi connectivity index (χ0) is 7.98. The molecule has 0 N–H and O–H groups in total. The van der Waals surface area contributed by atoms with Crippen molar-refractivity contribution < 1.29 is 0 Å². The normalized spacial score (nSPS) is 12.0. The Morgan fingerprint density at radius 1 is 1.60 bits per heavy atom. The molecule has 10 heavy (non-hydrogen) atoms. The quantitative estimate of drug-likeness (QED) is 0.338. The van der Waals surface area contributed by atoms with E-state index in [4.69, 9.17) is 11.6 Å². The molecule has 0 aliphatic heterocycles. The third-order valence-electron chi connectivity index (χ3n) is 0.789. The highest BCUT2D eigenvalue weighted by Crippen LogP contribution is 1.98. The summed E-state index contributed by atoms with van der Waals surface area (Å²) in [6.45, 7) is 8.84. The van der Waals surface area contributed by atoms with E-state index < -0.39 is 0 Å². The van der Waals surface area contributed by atoms with Gasteiger partial charge in [0, 0.05) is 6.21 Å². The van der Waals surface area contributed by atoms with Crippen LogP contribution in [0.3, 0.4) is 0 Å². The van der Waals surface area contributed by atoms with Crippen molar-refractivity contribution in [3.63, 3.8) is 0 Å². The summed E-state index contributed by atoms with van der Waals surface area (Å²) in [6, 6.07) is 0. The summed E-state index contributed by atoms with van der Waals surface area (Å²) in [5.74, 6) is 0. The Hall–Kier alpha value is -0.820. The van der Waals surface area contributed by atoms with E-state index in [-0.39, 0.29) is 5.16 Å². The molecule has 0 aromatic heterocycles. The molecule has 54 valence electrons. The van der Waals surface area contributed by atoms with Crippen LogP contribution in [0.1, 0.15) is 6.92 Å². The molecule has 0 heterocycles. The molecule has 0 unspecified atom stereocenters. The summed E-state index contributed by atoms with van der Waals surface area (Å²) in [6.07, 6.45) is 5.17. The van der Waals surface area contributed by atoms with Crippen molar-refractivity contribution in [3.05, 3.63) is 36.0 Å². The summed E-state index contributed by atoms with van der Waals surface area (Å²) < 4.78 is 0. The van der Waals surface area contributed by atoms with Gasteiger partial charge in [0.2, 0.25) is 0 Å². The maximum atomic E-state index is 5.38. The zero-order valence-electron chi connectivity index (χ0n) is 5.97. The molecule has 0 rings (SSSR count). The van der Waals surface area contributed by atoms with Crippen LogP contribution in [-0.2, 0) is 0 Å². The molecule has 0 atom stereocenters. The van der Waals surface area contributed by atoms with Crippen LogP contribution in [0.25, 0.3) is 0 Å². The lowest BCUT2D eigenvalue weighted by molar-refractivity contribution is 1.51. The standard InChI is InChI=1S/C8H10ClN/c1-4-5-7(2)6-10-8(3)9/h4-6H,1,3H2,2H3/b7-5-,10-6-. The van der Waals surface area contributed by atoms with Gasteiger partial charge < -0.3 is 0 Å². The fourth-order valence-corrected chi connectivity index (χ4v) is 0.450. The SMILES string of the molecule is C=C/C=C(C)\C=N/C(=C)Cl. The van der Waals surface area contributed by atoms with Gasteiger partial charge >= 0.3 is 0 Å². The van der Waals surface area contributed by atoms with Gasteiger partial charge in [-0.05, 0) is 12.5 Å². The van der Waals surface area contributed by atoms with Gasteiger partial charge in [0.15, 0.2) is 0 Å². The summed E-state index contributed by atoms with van der Waals surface area (Å²) in [5, 5.41) is 0.289. The maximum absolute atomic E-state index is 5.38. The zero-order valence-corrected chi connectivity index (χ0v) is 6.73. The lowest BCUT2D eigenvalue weighted by Gasteiger charge is -1.85. The van der Waals surface area contributed by atoms with Crippen LogP contribution in [0.4, 0.5) is 0 Å². The molecule has 0 aromatic carbocycles. The minimum atomic E-state index is 0.289. The monoisotopic (exact) mass is 155 g/mol. The highest BCUT2D eigenvalue weighted by molar-refractivity contribution is 6.29. The first-order valence-corrected chi connectivity index (χ1v) is 3.22. The Labute approximate surface area is 66.4 Å². The van der Waals surface area contributed by atoms with Crippen molar-refractivity contribution >= 4 is 17.8 Å². The Bertz CT molecular complexity index is 189. The summed E-state index contributed by atoms with van der Waals surface area (Å²) in [4.78, 5) is 3.77. The van der Waals surface area contributed by atoms with Crippen LogP contribution in [0, 0.1) is 0 Å². The van der Waals surface area contributed by atoms with Crippen LogP contribution >= 0.6 is 11.6 Å². The van der Waals surface area contributed by atoms with E-state index in [0.29, 0.717) is 0 Å². The van der Waals surface area contributed by atoms with Crippen molar-refractivity contribution in [2.24, 2.45) is 4.99 Å². The number of nitrogens with zero attached hydrogens (tertiary/aromatic N) is 1. The molecule has 0 spiro atoms. The molecule has 0 aromatic rings. The first-order chi connectivity index (χ1) is 4.66. The number of hydrogen-bond donors (Lipinski definition) is 0. The van der Waals surface area contributed by atoms with Crippen molar-refractivity contribution in [3.8, 4) is 0 Å². The van der Waals surface area contributed by atoms with Crippen LogP contribution in [0.15, 0.2) is 41.0 Å². The third kappa shape index (κ3) is 5.32. The average Bonchev–Trinajstić information content (AvgIpc) is 1.85. The molecule has 0 bridgehead atoms. The topological polar surface area (TPSA) is 12.4 Å². The number of aliphatic imine (C=N–C) groups is 1. The van der Waals surface area contributed by atoms with Crippen molar-refractivity contribution in [1.82, 2.24) is 0 Å². The van der Waals surface area contributed by atoms with Gasteiger partial charge in [0.05, 0.1) is 0 Å². The van der Waals surface area contributed by atoms with E-state index in [0.717, 1.165) is 5.57 Å². The van der Waals surface area contributed by atoms with Gasteiger partial charge in [-0.25, -0.2) is 4.99 Å². The highest BCUT2D eigenvalue weighted by atomic mass is 35.5. The van der Waals surface area contributed by atoms with E-state index in [9.17, 15) is 0 Å². The van der Waals surface area contributed by atoms with E-state index in [1.807, 2.05) is 13.0 Å². The van der Waals surface area contributed by atoms with Crippen LogP contribution < -0.4 is 0 Å². The number of allylic oxidation sites excluding steroid dienone is 3. The van der Waals surface area contributed by atoms with E-state index in [2.05, 4.69) is 18.2 Å². The molecule has 0 aliphatic carbocycles. The smallest absolute Gasteiger partial charge is 0.121 e. The minimum Gasteiger partial charge on any atom is -0.245 e. The Kier molecular flexibility index (Phi) is 4.59. The second-order valence-electron chi connectivity index (χ2n) is 1.78. The third-order valence-corrected chi connectivity index (χ3v) is 0.887. The maximum Gasteiger partial charge on any atom is 0.121 e. The summed E-state index contributed by atoms with van der Waals surface area (Å²) in [7, 11) is 0. The van der Waals surface area contributed by atoms with E-state index in [1.54, 1.807) is 12.3 Å². The van der Waals surface area contributed by atoms with E-state index >= 15 is 0 Å². The van der Waals surface area contributed by atoms with Crippen molar-refractivity contribution in [2.45, 2.75) is 6.92 Å². The van der Waals surface area contributed by atoms with Gasteiger partial charge in [-0.15, -0.1) is 0 Å². The minimum absolute atomic E-state index is 0.289. The Morgan fingerprint density at radius 2 is 2.20 bits per heavy atom. The average molecular weight is 156 g/mol. The largest absolute Gasteiger partial charge is 0.245 e. The molecule has 1 nitrogen and oxygen atoms in total. The van der Waals surface area contributed by atoms with Crippen LogP contribution in [0.5, 0.6) is 0 Å².